The van der Waals surface area contributed by atoms with Crippen LogP contribution in [0.5, 0.6) is 11.5 Å². The van der Waals surface area contributed by atoms with Crippen LogP contribution >= 0.6 is 0 Å². The summed E-state index contributed by atoms with van der Waals surface area (Å²) in [6.07, 6.45) is 0. The number of benzene rings is 1. The Labute approximate surface area is 110 Å². The normalized spacial score (nSPS) is 9.83. The molecule has 3 heteroatoms. The second-order valence-corrected chi connectivity index (χ2v) is 3.83. The lowest BCUT2D eigenvalue weighted by molar-refractivity contribution is 0.342. The quantitative estimate of drug-likeness (QED) is 0.746. The molecule has 1 aromatic carbocycles. The Balaban J connectivity index is 2.76. The van der Waals surface area contributed by atoms with Gasteiger partial charge in [0, 0.05) is 5.56 Å². The van der Waals surface area contributed by atoms with E-state index in [0.29, 0.717) is 5.75 Å². The Hall–Kier alpha value is -1.66. The molecule has 0 aromatic heterocycles. The Morgan fingerprint density at radius 2 is 1.72 bits per heavy atom. The van der Waals surface area contributed by atoms with Crippen molar-refractivity contribution in [1.29, 1.82) is 0 Å². The van der Waals surface area contributed by atoms with Crippen molar-refractivity contribution in [2.45, 2.75) is 13.8 Å². The highest BCUT2D eigenvalue weighted by molar-refractivity contribution is 5.48. The van der Waals surface area contributed by atoms with Crippen LogP contribution in [-0.4, -0.2) is 38.8 Å². The zero-order valence-electron chi connectivity index (χ0n) is 11.6. The Morgan fingerprint density at radius 3 is 2.28 bits per heavy atom. The van der Waals surface area contributed by atoms with Crippen molar-refractivity contribution >= 4 is 0 Å². The Bertz CT molecular complexity index is 428. The van der Waals surface area contributed by atoms with Crippen LogP contribution in [-0.2, 0) is 0 Å². The topological polar surface area (TPSA) is 21.7 Å². The second kappa shape index (κ2) is 7.62. The van der Waals surface area contributed by atoms with Crippen molar-refractivity contribution in [3.63, 3.8) is 0 Å². The number of hydrogen-bond acceptors (Lipinski definition) is 3. The number of rotatable bonds is 5. The summed E-state index contributed by atoms with van der Waals surface area (Å²) < 4.78 is 10.4. The van der Waals surface area contributed by atoms with E-state index < -0.39 is 0 Å². The van der Waals surface area contributed by atoms with Crippen LogP contribution in [0.4, 0.5) is 0 Å². The van der Waals surface area contributed by atoms with Crippen molar-refractivity contribution in [2.24, 2.45) is 0 Å². The van der Waals surface area contributed by atoms with Gasteiger partial charge in [-0.15, -0.1) is 0 Å². The fourth-order valence-corrected chi connectivity index (χ4v) is 1.61. The minimum absolute atomic E-state index is 0.715. The van der Waals surface area contributed by atoms with Crippen LogP contribution < -0.4 is 9.47 Å². The first-order valence-corrected chi connectivity index (χ1v) is 6.18. The van der Waals surface area contributed by atoms with Gasteiger partial charge in [-0.25, -0.2) is 0 Å². The summed E-state index contributed by atoms with van der Waals surface area (Å²) in [5.74, 6) is 7.76. The smallest absolute Gasteiger partial charge is 0.161 e. The molecule has 0 N–H and O–H groups in total. The molecule has 0 unspecified atom stereocenters. The molecule has 0 heterocycles. The largest absolute Gasteiger partial charge is 0.493 e. The summed E-state index contributed by atoms with van der Waals surface area (Å²) >= 11 is 0. The third-order valence-corrected chi connectivity index (χ3v) is 2.81. The summed E-state index contributed by atoms with van der Waals surface area (Å²) in [5.41, 5.74) is 0.944. The standard InChI is InChI=1S/C15H21NO2/c1-5-16(6-2)11-7-8-13-9-10-14(17-3)15(12-13)18-4/h9-10,12H,5-6,11H2,1-4H3. The number of methoxy groups -OCH3 is 2. The van der Waals surface area contributed by atoms with Crippen LogP contribution in [0.3, 0.4) is 0 Å². The van der Waals surface area contributed by atoms with Gasteiger partial charge in [-0.1, -0.05) is 25.7 Å². The van der Waals surface area contributed by atoms with E-state index in [4.69, 9.17) is 9.47 Å². The lowest BCUT2D eigenvalue weighted by Crippen LogP contribution is -2.22. The van der Waals surface area contributed by atoms with Crippen LogP contribution in [0.1, 0.15) is 19.4 Å². The van der Waals surface area contributed by atoms with Gasteiger partial charge in [0.1, 0.15) is 0 Å². The van der Waals surface area contributed by atoms with Crippen molar-refractivity contribution < 1.29 is 9.47 Å². The first-order valence-electron chi connectivity index (χ1n) is 6.18. The van der Waals surface area contributed by atoms with Crippen LogP contribution in [0.2, 0.25) is 0 Å². The van der Waals surface area contributed by atoms with Gasteiger partial charge in [-0.3, -0.25) is 4.90 Å². The van der Waals surface area contributed by atoms with Gasteiger partial charge < -0.3 is 9.47 Å². The van der Waals surface area contributed by atoms with E-state index in [1.165, 1.54) is 0 Å². The molecule has 0 saturated heterocycles. The lowest BCUT2D eigenvalue weighted by atomic mass is 10.2. The first-order chi connectivity index (χ1) is 8.74. The van der Waals surface area contributed by atoms with Gasteiger partial charge in [-0.2, -0.15) is 0 Å². The molecule has 0 amide bonds. The molecule has 3 nitrogen and oxygen atoms in total. The predicted molar refractivity (Wildman–Crippen MR) is 74.2 cm³/mol. The molecule has 0 bridgehead atoms. The van der Waals surface area contributed by atoms with E-state index in [-0.39, 0.29) is 0 Å². The van der Waals surface area contributed by atoms with Crippen LogP contribution in [0.15, 0.2) is 18.2 Å². The lowest BCUT2D eigenvalue weighted by Gasteiger charge is -2.13. The molecule has 0 aliphatic heterocycles. The molecule has 0 aliphatic rings. The van der Waals surface area contributed by atoms with Gasteiger partial charge in [0.05, 0.1) is 20.8 Å². The van der Waals surface area contributed by atoms with Gasteiger partial charge in [0.25, 0.3) is 0 Å². The second-order valence-electron chi connectivity index (χ2n) is 3.83. The average molecular weight is 247 g/mol. The molecule has 0 saturated carbocycles. The van der Waals surface area contributed by atoms with Crippen molar-refractivity contribution in [3.8, 4) is 23.3 Å². The van der Waals surface area contributed by atoms with E-state index in [0.717, 1.165) is 30.9 Å². The predicted octanol–water partition coefficient (Wildman–Crippen LogP) is 2.40. The fourth-order valence-electron chi connectivity index (χ4n) is 1.61. The molecule has 0 fully saturated rings. The molecular weight excluding hydrogens is 226 g/mol. The third kappa shape index (κ3) is 3.97. The maximum absolute atomic E-state index is 5.24. The van der Waals surface area contributed by atoms with Gasteiger partial charge >= 0.3 is 0 Å². The molecule has 1 aromatic rings. The van der Waals surface area contributed by atoms with Gasteiger partial charge in [-0.05, 0) is 31.3 Å². The molecule has 0 aliphatic carbocycles. The van der Waals surface area contributed by atoms with E-state index in [1.54, 1.807) is 14.2 Å². The highest BCUT2D eigenvalue weighted by atomic mass is 16.5. The maximum Gasteiger partial charge on any atom is 0.161 e. The molecule has 18 heavy (non-hydrogen) atoms. The minimum Gasteiger partial charge on any atom is -0.493 e. The summed E-state index contributed by atoms with van der Waals surface area (Å²) in [5, 5.41) is 0. The van der Waals surface area contributed by atoms with E-state index >= 15 is 0 Å². The minimum atomic E-state index is 0.715. The van der Waals surface area contributed by atoms with E-state index in [2.05, 4.69) is 30.6 Å². The van der Waals surface area contributed by atoms with Crippen LogP contribution in [0.25, 0.3) is 0 Å². The molecule has 1 rings (SSSR count). The summed E-state index contributed by atoms with van der Waals surface area (Å²) in [7, 11) is 3.26. The first kappa shape index (κ1) is 14.4. The molecule has 0 spiro atoms. The molecule has 0 atom stereocenters. The summed E-state index contributed by atoms with van der Waals surface area (Å²) in [6, 6.07) is 5.71. The molecule has 98 valence electrons. The third-order valence-electron chi connectivity index (χ3n) is 2.81. The highest BCUT2D eigenvalue weighted by Gasteiger charge is 2.02. The summed E-state index contributed by atoms with van der Waals surface area (Å²) in [4.78, 5) is 2.27. The highest BCUT2D eigenvalue weighted by Crippen LogP contribution is 2.26. The van der Waals surface area contributed by atoms with Crippen molar-refractivity contribution in [3.05, 3.63) is 23.8 Å². The van der Waals surface area contributed by atoms with E-state index in [1.807, 2.05) is 18.2 Å². The SMILES string of the molecule is CCN(CC)CC#Cc1ccc(OC)c(OC)c1. The van der Waals surface area contributed by atoms with Crippen molar-refractivity contribution in [2.75, 3.05) is 33.9 Å². The van der Waals surface area contributed by atoms with E-state index in [9.17, 15) is 0 Å². The average Bonchev–Trinajstić information content (AvgIpc) is 2.43. The number of ether oxygens (including phenoxy) is 2. The molecule has 0 radical (unpaired) electrons. The van der Waals surface area contributed by atoms with Gasteiger partial charge in [0.15, 0.2) is 11.5 Å². The fraction of sp³-hybridized carbons (Fsp3) is 0.467. The summed E-state index contributed by atoms with van der Waals surface area (Å²) in [6.45, 7) is 7.12. The number of hydrogen-bond donors (Lipinski definition) is 0. The zero-order chi connectivity index (χ0) is 13.4. The van der Waals surface area contributed by atoms with Crippen molar-refractivity contribution in [1.82, 2.24) is 4.90 Å². The monoisotopic (exact) mass is 247 g/mol. The molecular formula is C15H21NO2. The van der Waals surface area contributed by atoms with Crippen LogP contribution in [0, 0.1) is 11.8 Å². The maximum atomic E-state index is 5.24. The number of nitrogens with zero attached hydrogens (tertiary/aromatic N) is 1. The Morgan fingerprint density at radius 1 is 1.06 bits per heavy atom. The Kier molecular flexibility index (Phi) is 6.10. The van der Waals surface area contributed by atoms with Gasteiger partial charge in [0.2, 0.25) is 0 Å². The zero-order valence-corrected chi connectivity index (χ0v) is 11.6.